The van der Waals surface area contributed by atoms with Gasteiger partial charge in [0.15, 0.2) is 0 Å². The minimum Gasteiger partial charge on any atom is -0.378 e. The number of morpholine rings is 1. The molecule has 4 aliphatic rings. The molecule has 0 aromatic rings. The smallest absolute Gasteiger partial charge is 0.325 e. The Bertz CT molecular complexity index is 498. The van der Waals surface area contributed by atoms with Gasteiger partial charge in [-0.3, -0.25) is 14.6 Å². The van der Waals surface area contributed by atoms with Crippen molar-refractivity contribution in [1.29, 1.82) is 0 Å². The largest absolute Gasteiger partial charge is 0.378 e. The predicted octanol–water partition coefficient (Wildman–Crippen LogP) is 0.342. The van der Waals surface area contributed by atoms with Gasteiger partial charge in [0.1, 0.15) is 11.1 Å². The van der Waals surface area contributed by atoms with E-state index in [0.29, 0.717) is 26.3 Å². The lowest BCUT2D eigenvalue weighted by Crippen LogP contribution is -2.54. The van der Waals surface area contributed by atoms with E-state index in [0.717, 1.165) is 51.8 Å². The van der Waals surface area contributed by atoms with Gasteiger partial charge in [-0.2, -0.15) is 0 Å². The number of carbonyl (C=O) groups is 2. The number of urea groups is 1. The van der Waals surface area contributed by atoms with E-state index in [-0.39, 0.29) is 17.5 Å². The lowest BCUT2D eigenvalue weighted by atomic mass is 9.98. The van der Waals surface area contributed by atoms with Gasteiger partial charge in [-0.25, -0.2) is 4.79 Å². The molecule has 0 bridgehead atoms. The van der Waals surface area contributed by atoms with E-state index in [1.54, 1.807) is 0 Å². The Balaban J connectivity index is 1.35. The number of nitrogens with one attached hydrogen (secondary N) is 1. The summed E-state index contributed by atoms with van der Waals surface area (Å²) in [6.07, 6.45) is 4.53. The summed E-state index contributed by atoms with van der Waals surface area (Å²) in [7, 11) is 0. The molecule has 3 saturated heterocycles. The standard InChI is InChI=1S/C16H25N3O4/c20-13-16(3-1-2-4-16)17-14(21)19(13)7-6-18-8-10-23-15(11-18)5-9-22-12-15/h1-12H2,(H,17,21). The van der Waals surface area contributed by atoms with Crippen molar-refractivity contribution < 1.29 is 19.1 Å². The molecular formula is C16H25N3O4. The molecule has 1 atom stereocenters. The second-order valence-electron chi connectivity index (χ2n) is 7.29. The van der Waals surface area contributed by atoms with Gasteiger partial charge in [0.2, 0.25) is 0 Å². The molecule has 1 aliphatic carbocycles. The van der Waals surface area contributed by atoms with Crippen molar-refractivity contribution in [2.45, 2.75) is 43.2 Å². The van der Waals surface area contributed by atoms with Gasteiger partial charge < -0.3 is 14.8 Å². The van der Waals surface area contributed by atoms with Crippen LogP contribution in [0.1, 0.15) is 32.1 Å². The van der Waals surface area contributed by atoms with E-state index in [1.165, 1.54) is 4.90 Å². The molecule has 128 valence electrons. The van der Waals surface area contributed by atoms with Crippen LogP contribution in [0.25, 0.3) is 0 Å². The predicted molar refractivity (Wildman–Crippen MR) is 82.0 cm³/mol. The molecule has 3 heterocycles. The minimum atomic E-state index is -0.595. The van der Waals surface area contributed by atoms with Crippen molar-refractivity contribution in [2.75, 3.05) is 46.0 Å². The van der Waals surface area contributed by atoms with Crippen molar-refractivity contribution in [1.82, 2.24) is 15.1 Å². The average Bonchev–Trinajstić information content (AvgIpc) is 3.23. The molecule has 0 aromatic heterocycles. The number of ether oxygens (including phenoxy) is 2. The molecule has 0 radical (unpaired) electrons. The Kier molecular flexibility index (Phi) is 3.82. The lowest BCUT2D eigenvalue weighted by Gasteiger charge is -2.39. The normalized spacial score (nSPS) is 34.0. The molecule has 2 spiro atoms. The van der Waals surface area contributed by atoms with Crippen molar-refractivity contribution in [3.05, 3.63) is 0 Å². The van der Waals surface area contributed by atoms with Crippen molar-refractivity contribution in [2.24, 2.45) is 0 Å². The van der Waals surface area contributed by atoms with Gasteiger partial charge in [0, 0.05) is 39.2 Å². The molecule has 1 saturated carbocycles. The van der Waals surface area contributed by atoms with Crippen LogP contribution in [0.5, 0.6) is 0 Å². The highest BCUT2D eigenvalue weighted by Gasteiger charge is 2.52. The summed E-state index contributed by atoms with van der Waals surface area (Å²) in [4.78, 5) is 28.5. The van der Waals surface area contributed by atoms with Crippen LogP contribution in [0.15, 0.2) is 0 Å². The number of imide groups is 1. The molecule has 1 N–H and O–H groups in total. The van der Waals surface area contributed by atoms with E-state index >= 15 is 0 Å². The number of nitrogens with zero attached hydrogens (tertiary/aromatic N) is 2. The first kappa shape index (κ1) is 15.4. The Morgan fingerprint density at radius 3 is 2.65 bits per heavy atom. The third kappa shape index (κ3) is 2.64. The van der Waals surface area contributed by atoms with Gasteiger partial charge in [-0.1, -0.05) is 12.8 Å². The molecule has 7 heteroatoms. The van der Waals surface area contributed by atoms with E-state index in [9.17, 15) is 9.59 Å². The Morgan fingerprint density at radius 1 is 1.09 bits per heavy atom. The summed E-state index contributed by atoms with van der Waals surface area (Å²) in [5, 5.41) is 2.94. The fourth-order valence-electron chi connectivity index (χ4n) is 4.38. The SMILES string of the molecule is O=C1NC2(CCCC2)C(=O)N1CCN1CCOC2(CCOC2)C1. The Labute approximate surface area is 136 Å². The highest BCUT2D eigenvalue weighted by Crippen LogP contribution is 2.35. The molecule has 4 rings (SSSR count). The number of rotatable bonds is 3. The highest BCUT2D eigenvalue weighted by molar-refractivity contribution is 6.07. The molecule has 3 amide bonds. The Morgan fingerprint density at radius 2 is 1.91 bits per heavy atom. The van der Waals surface area contributed by atoms with Gasteiger partial charge in [-0.15, -0.1) is 0 Å². The van der Waals surface area contributed by atoms with Crippen LogP contribution in [0.4, 0.5) is 4.79 Å². The van der Waals surface area contributed by atoms with Gasteiger partial charge in [0.05, 0.1) is 13.2 Å². The second-order valence-corrected chi connectivity index (χ2v) is 7.29. The molecule has 3 aliphatic heterocycles. The molecule has 0 aromatic carbocycles. The fourth-order valence-corrected chi connectivity index (χ4v) is 4.38. The van der Waals surface area contributed by atoms with Crippen LogP contribution in [-0.2, 0) is 14.3 Å². The number of hydrogen-bond acceptors (Lipinski definition) is 5. The van der Waals surface area contributed by atoms with Gasteiger partial charge in [-0.05, 0) is 12.8 Å². The van der Waals surface area contributed by atoms with E-state index in [4.69, 9.17) is 9.47 Å². The van der Waals surface area contributed by atoms with E-state index in [2.05, 4.69) is 10.2 Å². The third-order valence-electron chi connectivity index (χ3n) is 5.74. The first-order valence-electron chi connectivity index (χ1n) is 8.71. The summed E-state index contributed by atoms with van der Waals surface area (Å²) in [5.74, 6) is -0.0211. The van der Waals surface area contributed by atoms with Crippen LogP contribution >= 0.6 is 0 Å². The van der Waals surface area contributed by atoms with E-state index < -0.39 is 5.54 Å². The maximum atomic E-state index is 12.6. The summed E-state index contributed by atoms with van der Waals surface area (Å²) < 4.78 is 11.4. The third-order valence-corrected chi connectivity index (χ3v) is 5.74. The Hall–Kier alpha value is -1.18. The molecular weight excluding hydrogens is 298 g/mol. The maximum absolute atomic E-state index is 12.6. The van der Waals surface area contributed by atoms with Crippen LogP contribution in [0, 0.1) is 0 Å². The molecule has 4 fully saturated rings. The maximum Gasteiger partial charge on any atom is 0.325 e. The monoisotopic (exact) mass is 323 g/mol. The van der Waals surface area contributed by atoms with Crippen LogP contribution in [0.2, 0.25) is 0 Å². The van der Waals surface area contributed by atoms with Crippen molar-refractivity contribution in [3.63, 3.8) is 0 Å². The zero-order valence-corrected chi connectivity index (χ0v) is 13.5. The van der Waals surface area contributed by atoms with Gasteiger partial charge in [0.25, 0.3) is 5.91 Å². The number of hydrogen-bond donors (Lipinski definition) is 1. The van der Waals surface area contributed by atoms with Gasteiger partial charge >= 0.3 is 6.03 Å². The summed E-state index contributed by atoms with van der Waals surface area (Å²) in [5.41, 5.74) is -0.773. The van der Waals surface area contributed by atoms with Crippen LogP contribution < -0.4 is 5.32 Å². The van der Waals surface area contributed by atoms with E-state index in [1.807, 2.05) is 0 Å². The second kappa shape index (κ2) is 5.72. The first-order valence-corrected chi connectivity index (χ1v) is 8.71. The zero-order valence-electron chi connectivity index (χ0n) is 13.5. The molecule has 1 unspecified atom stereocenters. The number of amides is 3. The van der Waals surface area contributed by atoms with Crippen LogP contribution in [0.3, 0.4) is 0 Å². The topological polar surface area (TPSA) is 71.1 Å². The van der Waals surface area contributed by atoms with Crippen molar-refractivity contribution in [3.8, 4) is 0 Å². The van der Waals surface area contributed by atoms with Crippen LogP contribution in [-0.4, -0.2) is 78.9 Å². The minimum absolute atomic E-state index is 0.0211. The quantitative estimate of drug-likeness (QED) is 0.759. The number of carbonyl (C=O) groups excluding carboxylic acids is 2. The fraction of sp³-hybridized carbons (Fsp3) is 0.875. The lowest BCUT2D eigenvalue weighted by molar-refractivity contribution is -0.132. The first-order chi connectivity index (χ1) is 11.1. The molecule has 23 heavy (non-hydrogen) atoms. The average molecular weight is 323 g/mol. The summed E-state index contributed by atoms with van der Waals surface area (Å²) in [6.45, 7) is 4.93. The summed E-state index contributed by atoms with van der Waals surface area (Å²) in [6, 6.07) is -0.218. The van der Waals surface area contributed by atoms with Crippen molar-refractivity contribution >= 4 is 11.9 Å². The summed E-state index contributed by atoms with van der Waals surface area (Å²) >= 11 is 0. The molecule has 7 nitrogen and oxygen atoms in total. The highest BCUT2D eigenvalue weighted by atomic mass is 16.6. The zero-order chi connectivity index (χ0) is 15.9.